The number of allylic oxidation sites excluding steroid dienone is 1. The van der Waals surface area contributed by atoms with Crippen molar-refractivity contribution in [2.75, 3.05) is 13.1 Å². The van der Waals surface area contributed by atoms with Crippen LogP contribution in [0.25, 0.3) is 17.4 Å². The van der Waals surface area contributed by atoms with E-state index in [0.29, 0.717) is 51.5 Å². The van der Waals surface area contributed by atoms with Crippen molar-refractivity contribution in [2.24, 2.45) is 17.8 Å². The Morgan fingerprint density at radius 1 is 1.05 bits per heavy atom. The minimum absolute atomic E-state index is 0.0648. The van der Waals surface area contributed by atoms with E-state index in [0.717, 1.165) is 37.9 Å². The van der Waals surface area contributed by atoms with E-state index in [4.69, 9.17) is 16.6 Å². The Kier molecular flexibility index (Phi) is 12.8. The number of benzene rings is 1. The highest BCUT2D eigenvalue weighted by Crippen LogP contribution is 2.26. The zero-order valence-corrected chi connectivity index (χ0v) is 25.0. The van der Waals surface area contributed by atoms with Gasteiger partial charge in [0.2, 0.25) is 0 Å². The van der Waals surface area contributed by atoms with E-state index in [9.17, 15) is 9.59 Å². The number of carbonyl (C=O) groups excluding carboxylic acids is 2. The molecule has 0 saturated carbocycles. The minimum Gasteiger partial charge on any atom is -0.457 e. The molecule has 0 aliphatic heterocycles. The molecule has 0 spiro atoms. The van der Waals surface area contributed by atoms with E-state index in [1.807, 2.05) is 48.2 Å². The summed E-state index contributed by atoms with van der Waals surface area (Å²) in [6.45, 7) is 14.2. The normalized spacial score (nSPS) is 13.5. The summed E-state index contributed by atoms with van der Waals surface area (Å²) in [5.74, 6) is 2.62. The van der Waals surface area contributed by atoms with Crippen molar-refractivity contribution in [3.8, 4) is 11.3 Å². The Balaban J connectivity index is 2.08. The van der Waals surface area contributed by atoms with Crippen LogP contribution < -0.4 is 0 Å². The first-order valence-corrected chi connectivity index (χ1v) is 14.4. The quantitative estimate of drug-likeness (QED) is 0.139. The molecule has 6 heteroatoms. The molecule has 0 radical (unpaired) electrons. The number of thiocarbonyl (C=S) groups is 1. The maximum atomic E-state index is 13.2. The highest BCUT2D eigenvalue weighted by molar-refractivity contribution is 8.11. The van der Waals surface area contributed by atoms with Crippen LogP contribution in [0, 0.1) is 17.8 Å². The molecular weight excluding hydrogens is 498 g/mol. The number of Topliss-reactive ketones (excluding diaryl/α,β-unsaturated/α-hetero) is 1. The Labute approximate surface area is 234 Å². The first-order valence-electron chi connectivity index (χ1n) is 13.5. The monoisotopic (exact) mass is 541 g/mol. The van der Waals surface area contributed by atoms with Gasteiger partial charge in [0.15, 0.2) is 5.78 Å². The van der Waals surface area contributed by atoms with Gasteiger partial charge < -0.3 is 9.32 Å². The molecule has 0 bridgehead atoms. The van der Waals surface area contributed by atoms with Crippen LogP contribution in [0.5, 0.6) is 0 Å². The van der Waals surface area contributed by atoms with Crippen molar-refractivity contribution in [1.29, 1.82) is 0 Å². The van der Waals surface area contributed by atoms with Crippen LogP contribution in [0.3, 0.4) is 0 Å². The van der Waals surface area contributed by atoms with Gasteiger partial charge in [0.25, 0.3) is 5.91 Å². The summed E-state index contributed by atoms with van der Waals surface area (Å²) in [6.07, 6.45) is 6.08. The van der Waals surface area contributed by atoms with Gasteiger partial charge in [-0.3, -0.25) is 9.59 Å². The van der Waals surface area contributed by atoms with Crippen LogP contribution in [0.15, 0.2) is 46.4 Å². The third kappa shape index (κ3) is 9.57. The fourth-order valence-corrected chi connectivity index (χ4v) is 4.73. The Morgan fingerprint density at radius 3 is 2.30 bits per heavy atom. The number of furan rings is 1. The predicted molar refractivity (Wildman–Crippen MR) is 162 cm³/mol. The van der Waals surface area contributed by atoms with E-state index in [-0.39, 0.29) is 17.6 Å². The second-order valence-electron chi connectivity index (χ2n) is 10.3. The zero-order chi connectivity index (χ0) is 27.5. The van der Waals surface area contributed by atoms with Crippen LogP contribution in [-0.2, 0) is 4.79 Å². The van der Waals surface area contributed by atoms with Crippen molar-refractivity contribution >= 4 is 46.8 Å². The van der Waals surface area contributed by atoms with Crippen LogP contribution >= 0.6 is 24.8 Å². The summed E-state index contributed by atoms with van der Waals surface area (Å²) < 4.78 is 6.55. The average Bonchev–Trinajstić information content (AvgIpc) is 3.34. The molecule has 1 amide bonds. The molecular formula is C31H43NO3S2. The molecule has 0 aliphatic rings. The number of thiol groups is 1. The highest BCUT2D eigenvalue weighted by atomic mass is 32.1. The summed E-state index contributed by atoms with van der Waals surface area (Å²) in [6, 6.07) is 11.3. The van der Waals surface area contributed by atoms with Gasteiger partial charge in [0.1, 0.15) is 11.5 Å². The van der Waals surface area contributed by atoms with E-state index < -0.39 is 0 Å². The third-order valence-corrected chi connectivity index (χ3v) is 7.43. The number of amides is 1. The number of rotatable bonds is 15. The molecule has 2 atom stereocenters. The molecule has 202 valence electrons. The first kappa shape index (κ1) is 31.0. The van der Waals surface area contributed by atoms with Gasteiger partial charge in [-0.15, -0.1) is 12.6 Å². The molecule has 1 aromatic heterocycles. The van der Waals surface area contributed by atoms with E-state index in [1.165, 1.54) is 0 Å². The summed E-state index contributed by atoms with van der Waals surface area (Å²) >= 11 is 9.25. The maximum Gasteiger partial charge on any atom is 0.253 e. The van der Waals surface area contributed by atoms with Crippen molar-refractivity contribution in [3.63, 3.8) is 0 Å². The molecule has 1 heterocycles. The predicted octanol–water partition coefficient (Wildman–Crippen LogP) is 8.52. The second kappa shape index (κ2) is 15.3. The summed E-state index contributed by atoms with van der Waals surface area (Å²) in [7, 11) is 0. The highest BCUT2D eigenvalue weighted by Gasteiger charge is 2.20. The van der Waals surface area contributed by atoms with Crippen LogP contribution in [0.4, 0.5) is 0 Å². The lowest BCUT2D eigenvalue weighted by molar-refractivity contribution is -0.118. The smallest absolute Gasteiger partial charge is 0.253 e. The SMILES string of the molecule is CCCN(CCCC(C)C(C)C)C(=O)c1ccc(-c2ccc(C=C(C)C(=O)C(CC)CC(=S)S)o2)cc1. The van der Waals surface area contributed by atoms with Crippen LogP contribution in [0.1, 0.15) is 89.8 Å². The molecule has 0 fully saturated rings. The van der Waals surface area contributed by atoms with Gasteiger partial charge in [-0.2, -0.15) is 0 Å². The molecule has 0 saturated heterocycles. The van der Waals surface area contributed by atoms with Crippen LogP contribution in [0.2, 0.25) is 0 Å². The molecule has 2 rings (SSSR count). The molecule has 0 aliphatic carbocycles. The van der Waals surface area contributed by atoms with Gasteiger partial charge in [-0.05, 0) is 86.8 Å². The number of ketones is 1. The third-order valence-electron chi connectivity index (χ3n) is 7.08. The Morgan fingerprint density at radius 2 is 1.73 bits per heavy atom. The van der Waals surface area contributed by atoms with Gasteiger partial charge in [-0.25, -0.2) is 0 Å². The van der Waals surface area contributed by atoms with Crippen LogP contribution in [-0.4, -0.2) is 33.9 Å². The van der Waals surface area contributed by atoms with E-state index in [2.05, 4.69) is 40.3 Å². The van der Waals surface area contributed by atoms with Crippen molar-refractivity contribution in [2.45, 2.75) is 73.6 Å². The first-order chi connectivity index (χ1) is 17.6. The van der Waals surface area contributed by atoms with Gasteiger partial charge >= 0.3 is 0 Å². The summed E-state index contributed by atoms with van der Waals surface area (Å²) in [5, 5.41) is 0. The molecule has 37 heavy (non-hydrogen) atoms. The van der Waals surface area contributed by atoms with Crippen molar-refractivity contribution in [1.82, 2.24) is 4.90 Å². The molecule has 2 unspecified atom stereocenters. The van der Waals surface area contributed by atoms with E-state index >= 15 is 0 Å². The van der Waals surface area contributed by atoms with Crippen molar-refractivity contribution < 1.29 is 14.0 Å². The average molecular weight is 542 g/mol. The van der Waals surface area contributed by atoms with Gasteiger partial charge in [-0.1, -0.05) is 59.0 Å². The van der Waals surface area contributed by atoms with Crippen molar-refractivity contribution in [3.05, 3.63) is 53.3 Å². The lowest BCUT2D eigenvalue weighted by atomic mass is 9.93. The topological polar surface area (TPSA) is 50.5 Å². The molecule has 0 N–H and O–H groups in total. The number of hydrogen-bond donors (Lipinski definition) is 1. The molecule has 4 nitrogen and oxygen atoms in total. The number of carbonyl (C=O) groups is 2. The second-order valence-corrected chi connectivity index (χ2v) is 11.7. The Bertz CT molecular complexity index is 1070. The molecule has 2 aromatic rings. The zero-order valence-electron chi connectivity index (χ0n) is 23.3. The minimum atomic E-state index is -0.161. The summed E-state index contributed by atoms with van der Waals surface area (Å²) in [5.41, 5.74) is 2.21. The maximum absolute atomic E-state index is 13.2. The molecule has 1 aromatic carbocycles. The van der Waals surface area contributed by atoms with E-state index in [1.54, 1.807) is 13.0 Å². The fraction of sp³-hybridized carbons (Fsp3) is 0.516. The summed E-state index contributed by atoms with van der Waals surface area (Å²) in [4.78, 5) is 27.9. The fourth-order valence-electron chi connectivity index (χ4n) is 4.31. The largest absolute Gasteiger partial charge is 0.457 e. The standard InChI is InChI=1S/C31H43NO3S2/c1-7-17-32(18-9-10-22(5)21(3)4)31(34)26-13-11-25(12-14-26)28-16-15-27(35-28)19-23(6)30(33)24(8-2)20-29(36)37/h11-16,19,21-22,24H,7-10,17-18,20H2,1-6H3,(H,36,37). The lowest BCUT2D eigenvalue weighted by Gasteiger charge is -2.24. The van der Waals surface area contributed by atoms with Gasteiger partial charge in [0, 0.05) is 34.3 Å². The number of hydrogen-bond acceptors (Lipinski definition) is 4. The lowest BCUT2D eigenvalue weighted by Crippen LogP contribution is -2.33. The van der Waals surface area contributed by atoms with Gasteiger partial charge in [0.05, 0.1) is 0 Å². The Hall–Kier alpha value is -2.18. The number of nitrogens with zero attached hydrogens (tertiary/aromatic N) is 1.